The van der Waals surface area contributed by atoms with Crippen LogP contribution in [0.4, 0.5) is 0 Å². The molecule has 2 aromatic rings. The zero-order chi connectivity index (χ0) is 18.6. The number of ether oxygens (including phenoxy) is 2. The number of aryl methyl sites for hydroxylation is 1. The van der Waals surface area contributed by atoms with E-state index in [2.05, 4.69) is 58.7 Å². The highest BCUT2D eigenvalue weighted by atomic mass is 16.5. The van der Waals surface area contributed by atoms with Crippen LogP contribution < -0.4 is 15.4 Å². The molecule has 26 heavy (non-hydrogen) atoms. The summed E-state index contributed by atoms with van der Waals surface area (Å²) in [6.45, 7) is 7.29. The minimum atomic E-state index is 0.494. The summed E-state index contributed by atoms with van der Waals surface area (Å²) >= 11 is 0. The predicted octanol–water partition coefficient (Wildman–Crippen LogP) is 2.67. The van der Waals surface area contributed by atoms with Crippen LogP contribution in [0.25, 0.3) is 0 Å². The lowest BCUT2D eigenvalue weighted by molar-refractivity contribution is 0.143. The molecule has 0 amide bonds. The molecule has 0 aliphatic rings. The fourth-order valence-corrected chi connectivity index (χ4v) is 2.34. The molecule has 2 rings (SSSR count). The smallest absolute Gasteiger partial charge is 0.213 e. The molecule has 140 valence electrons. The SMILES string of the molecule is CCNC(=NCc1ccc(OCCOC)nc1)NCc1cccc(C)c1. The van der Waals surface area contributed by atoms with E-state index in [0.717, 1.165) is 24.6 Å². The Bertz CT molecular complexity index is 686. The van der Waals surface area contributed by atoms with E-state index in [-0.39, 0.29) is 0 Å². The summed E-state index contributed by atoms with van der Waals surface area (Å²) in [6.07, 6.45) is 1.79. The summed E-state index contributed by atoms with van der Waals surface area (Å²) in [5.74, 6) is 1.38. The van der Waals surface area contributed by atoms with Crippen LogP contribution in [0, 0.1) is 6.92 Å². The Morgan fingerprint density at radius 2 is 2.00 bits per heavy atom. The van der Waals surface area contributed by atoms with Gasteiger partial charge >= 0.3 is 0 Å². The van der Waals surface area contributed by atoms with Gasteiger partial charge in [-0.25, -0.2) is 9.98 Å². The number of hydrogen-bond acceptors (Lipinski definition) is 4. The summed E-state index contributed by atoms with van der Waals surface area (Å²) in [5.41, 5.74) is 3.51. The Morgan fingerprint density at radius 3 is 2.69 bits per heavy atom. The molecule has 1 heterocycles. The zero-order valence-corrected chi connectivity index (χ0v) is 15.8. The van der Waals surface area contributed by atoms with Crippen molar-refractivity contribution in [1.82, 2.24) is 15.6 Å². The molecule has 0 aliphatic carbocycles. The average Bonchev–Trinajstić information content (AvgIpc) is 2.65. The molecular weight excluding hydrogens is 328 g/mol. The topological polar surface area (TPSA) is 67.8 Å². The first-order valence-electron chi connectivity index (χ1n) is 8.85. The Balaban J connectivity index is 1.89. The van der Waals surface area contributed by atoms with Gasteiger partial charge in [-0.1, -0.05) is 35.9 Å². The van der Waals surface area contributed by atoms with Gasteiger partial charge in [0.1, 0.15) is 6.61 Å². The van der Waals surface area contributed by atoms with Gasteiger partial charge in [-0.2, -0.15) is 0 Å². The Labute approximate surface area is 155 Å². The molecule has 0 saturated carbocycles. The first-order chi connectivity index (χ1) is 12.7. The molecule has 0 spiro atoms. The zero-order valence-electron chi connectivity index (χ0n) is 15.8. The van der Waals surface area contributed by atoms with E-state index >= 15 is 0 Å². The van der Waals surface area contributed by atoms with E-state index < -0.39 is 0 Å². The third-order valence-electron chi connectivity index (χ3n) is 3.64. The molecule has 0 radical (unpaired) electrons. The molecular formula is C20H28N4O2. The second-order valence-corrected chi connectivity index (χ2v) is 5.88. The van der Waals surface area contributed by atoms with Gasteiger partial charge in [0.15, 0.2) is 5.96 Å². The molecule has 0 saturated heterocycles. The van der Waals surface area contributed by atoms with Crippen molar-refractivity contribution in [1.29, 1.82) is 0 Å². The Kier molecular flexibility index (Phi) is 8.42. The van der Waals surface area contributed by atoms with E-state index in [1.165, 1.54) is 11.1 Å². The fraction of sp³-hybridized carbons (Fsp3) is 0.400. The van der Waals surface area contributed by atoms with Gasteiger partial charge in [0.05, 0.1) is 13.2 Å². The molecule has 1 aromatic heterocycles. The number of methoxy groups -OCH3 is 1. The first-order valence-corrected chi connectivity index (χ1v) is 8.85. The highest BCUT2D eigenvalue weighted by Gasteiger charge is 2.01. The minimum Gasteiger partial charge on any atom is -0.475 e. The Hall–Kier alpha value is -2.60. The summed E-state index contributed by atoms with van der Waals surface area (Å²) in [7, 11) is 1.65. The molecule has 0 aliphatic heterocycles. The lowest BCUT2D eigenvalue weighted by Gasteiger charge is -2.12. The third kappa shape index (κ3) is 7.11. The number of nitrogens with one attached hydrogen (secondary N) is 2. The normalized spacial score (nSPS) is 11.3. The third-order valence-corrected chi connectivity index (χ3v) is 3.64. The van der Waals surface area contributed by atoms with Gasteiger partial charge < -0.3 is 20.1 Å². The number of aliphatic imine (C=N–C) groups is 1. The first kappa shape index (κ1) is 19.7. The average molecular weight is 356 g/mol. The van der Waals surface area contributed by atoms with Crippen LogP contribution in [0.3, 0.4) is 0 Å². The molecule has 0 bridgehead atoms. The number of rotatable bonds is 9. The number of pyridine rings is 1. The van der Waals surface area contributed by atoms with Gasteiger partial charge in [-0.15, -0.1) is 0 Å². The van der Waals surface area contributed by atoms with Crippen LogP contribution >= 0.6 is 0 Å². The summed E-state index contributed by atoms with van der Waals surface area (Å²) in [6, 6.07) is 12.3. The molecule has 0 unspecified atom stereocenters. The van der Waals surface area contributed by atoms with E-state index in [1.54, 1.807) is 13.3 Å². The van der Waals surface area contributed by atoms with E-state index in [0.29, 0.717) is 25.6 Å². The maximum Gasteiger partial charge on any atom is 0.213 e. The predicted molar refractivity (Wildman–Crippen MR) is 104 cm³/mol. The van der Waals surface area contributed by atoms with Crippen molar-refractivity contribution in [2.24, 2.45) is 4.99 Å². The van der Waals surface area contributed by atoms with E-state index in [9.17, 15) is 0 Å². The lowest BCUT2D eigenvalue weighted by atomic mass is 10.1. The van der Waals surface area contributed by atoms with Crippen molar-refractivity contribution in [2.45, 2.75) is 26.9 Å². The number of benzene rings is 1. The van der Waals surface area contributed by atoms with Crippen LogP contribution in [0.2, 0.25) is 0 Å². The van der Waals surface area contributed by atoms with E-state index in [1.807, 2.05) is 12.1 Å². The van der Waals surface area contributed by atoms with Crippen molar-refractivity contribution >= 4 is 5.96 Å². The number of aromatic nitrogens is 1. The van der Waals surface area contributed by atoms with Crippen LogP contribution in [0.15, 0.2) is 47.6 Å². The van der Waals surface area contributed by atoms with Gasteiger partial charge in [0.25, 0.3) is 0 Å². The summed E-state index contributed by atoms with van der Waals surface area (Å²) < 4.78 is 10.4. The molecule has 2 N–H and O–H groups in total. The molecule has 1 aromatic carbocycles. The molecule has 0 fully saturated rings. The van der Waals surface area contributed by atoms with Crippen molar-refractivity contribution in [3.05, 3.63) is 59.3 Å². The largest absolute Gasteiger partial charge is 0.475 e. The lowest BCUT2D eigenvalue weighted by Crippen LogP contribution is -2.36. The standard InChI is InChI=1S/C20H28N4O2/c1-4-21-20(23-13-17-7-5-6-16(2)12-17)24-15-18-8-9-19(22-14-18)26-11-10-25-3/h5-9,12,14H,4,10-11,13,15H2,1-3H3,(H2,21,23,24). The van der Waals surface area contributed by atoms with E-state index in [4.69, 9.17) is 9.47 Å². The highest BCUT2D eigenvalue weighted by molar-refractivity contribution is 5.79. The van der Waals surface area contributed by atoms with Gasteiger partial charge in [0.2, 0.25) is 5.88 Å². The quantitative estimate of drug-likeness (QED) is 0.411. The highest BCUT2D eigenvalue weighted by Crippen LogP contribution is 2.08. The van der Waals surface area contributed by atoms with Gasteiger partial charge in [0, 0.05) is 32.5 Å². The molecule has 0 atom stereocenters. The fourth-order valence-electron chi connectivity index (χ4n) is 2.34. The van der Waals surface area contributed by atoms with Gasteiger partial charge in [-0.05, 0) is 25.0 Å². The number of hydrogen-bond donors (Lipinski definition) is 2. The number of guanidine groups is 1. The van der Waals surface area contributed by atoms with Crippen molar-refractivity contribution in [2.75, 3.05) is 26.9 Å². The van der Waals surface area contributed by atoms with Crippen molar-refractivity contribution in [3.8, 4) is 5.88 Å². The number of nitrogens with zero attached hydrogens (tertiary/aromatic N) is 2. The van der Waals surface area contributed by atoms with Gasteiger partial charge in [-0.3, -0.25) is 0 Å². The van der Waals surface area contributed by atoms with Crippen LogP contribution in [-0.4, -0.2) is 37.8 Å². The molecule has 6 heteroatoms. The summed E-state index contributed by atoms with van der Waals surface area (Å²) in [4.78, 5) is 8.91. The minimum absolute atomic E-state index is 0.494. The maximum absolute atomic E-state index is 5.47. The van der Waals surface area contributed by atoms with Crippen LogP contribution in [-0.2, 0) is 17.8 Å². The molecule has 6 nitrogen and oxygen atoms in total. The van der Waals surface area contributed by atoms with Crippen molar-refractivity contribution in [3.63, 3.8) is 0 Å². The van der Waals surface area contributed by atoms with Crippen molar-refractivity contribution < 1.29 is 9.47 Å². The monoisotopic (exact) mass is 356 g/mol. The van der Waals surface area contributed by atoms with Crippen LogP contribution in [0.5, 0.6) is 5.88 Å². The second-order valence-electron chi connectivity index (χ2n) is 5.88. The maximum atomic E-state index is 5.47. The summed E-state index contributed by atoms with van der Waals surface area (Å²) in [5, 5.41) is 6.62. The van der Waals surface area contributed by atoms with Crippen LogP contribution in [0.1, 0.15) is 23.6 Å². The second kappa shape index (κ2) is 11.1. The Morgan fingerprint density at radius 1 is 1.12 bits per heavy atom.